The maximum atomic E-state index is 5.29. The molecule has 0 amide bonds. The highest BCUT2D eigenvalue weighted by Gasteiger charge is 2.10. The van der Waals surface area contributed by atoms with Gasteiger partial charge >= 0.3 is 0 Å². The first-order valence-corrected chi connectivity index (χ1v) is 6.68. The Morgan fingerprint density at radius 1 is 1.29 bits per heavy atom. The van der Waals surface area contributed by atoms with Crippen LogP contribution in [0, 0.1) is 19.1 Å². The fourth-order valence-electron chi connectivity index (χ4n) is 1.93. The van der Waals surface area contributed by atoms with E-state index in [2.05, 4.69) is 32.6 Å². The lowest BCUT2D eigenvalue weighted by Gasteiger charge is -2.01. The van der Waals surface area contributed by atoms with Crippen molar-refractivity contribution in [2.75, 3.05) is 11.9 Å². The van der Waals surface area contributed by atoms with Crippen LogP contribution in [0.4, 0.5) is 5.69 Å². The van der Waals surface area contributed by atoms with Gasteiger partial charge in [-0.3, -0.25) is 4.98 Å². The van der Waals surface area contributed by atoms with Gasteiger partial charge in [0.1, 0.15) is 0 Å². The van der Waals surface area contributed by atoms with E-state index in [-0.39, 0.29) is 0 Å². The summed E-state index contributed by atoms with van der Waals surface area (Å²) < 4.78 is 5.29. The summed E-state index contributed by atoms with van der Waals surface area (Å²) in [4.78, 5) is 8.49. The minimum atomic E-state index is 0.512. The lowest BCUT2D eigenvalue weighted by atomic mass is 10.2. The van der Waals surface area contributed by atoms with Crippen LogP contribution in [0.2, 0.25) is 0 Å². The first-order valence-electron chi connectivity index (χ1n) is 6.68. The SMILES string of the molecule is Cc1ccncc1-c1nc(CCNc2cc#ccc2)no1. The predicted octanol–water partition coefficient (Wildman–Crippen LogP) is 2.70. The summed E-state index contributed by atoms with van der Waals surface area (Å²) in [5.41, 5.74) is 2.94. The van der Waals surface area contributed by atoms with Crippen LogP contribution in [0.25, 0.3) is 11.5 Å². The van der Waals surface area contributed by atoms with Crippen LogP contribution in [-0.4, -0.2) is 21.7 Å². The predicted molar refractivity (Wildman–Crippen MR) is 78.6 cm³/mol. The van der Waals surface area contributed by atoms with E-state index >= 15 is 0 Å². The van der Waals surface area contributed by atoms with Crippen molar-refractivity contribution in [2.45, 2.75) is 13.3 Å². The Labute approximate surface area is 123 Å². The van der Waals surface area contributed by atoms with Crippen molar-refractivity contribution in [1.82, 2.24) is 15.1 Å². The molecule has 3 rings (SSSR count). The van der Waals surface area contributed by atoms with Crippen molar-refractivity contribution in [2.24, 2.45) is 0 Å². The Morgan fingerprint density at radius 3 is 3.05 bits per heavy atom. The van der Waals surface area contributed by atoms with E-state index in [1.807, 2.05) is 31.2 Å². The van der Waals surface area contributed by atoms with Crippen molar-refractivity contribution < 1.29 is 4.52 Å². The van der Waals surface area contributed by atoms with Gasteiger partial charge in [-0.05, 0) is 30.7 Å². The number of aryl methyl sites for hydroxylation is 1. The molecule has 21 heavy (non-hydrogen) atoms. The first-order chi connectivity index (χ1) is 10.3. The van der Waals surface area contributed by atoms with Crippen LogP contribution in [0.5, 0.6) is 0 Å². The summed E-state index contributed by atoms with van der Waals surface area (Å²) >= 11 is 0. The molecule has 0 aliphatic rings. The molecule has 2 aromatic heterocycles. The fraction of sp³-hybridized carbons (Fsp3) is 0.188. The second-order valence-corrected chi connectivity index (χ2v) is 4.60. The molecule has 3 aromatic rings. The standard InChI is InChI=1S/C16H14N4O/c1-12-7-9-17-11-14(12)16-19-15(20-21-16)8-10-18-13-5-3-2-4-6-13/h3,5-7,9,11,18H,8,10H2,1H3. The number of nitrogens with zero attached hydrogens (tertiary/aromatic N) is 3. The van der Waals surface area contributed by atoms with Gasteiger partial charge in [-0.25, -0.2) is 0 Å². The average Bonchev–Trinajstić information content (AvgIpc) is 2.97. The summed E-state index contributed by atoms with van der Waals surface area (Å²) in [5.74, 6) is 1.19. The maximum absolute atomic E-state index is 5.29. The van der Waals surface area contributed by atoms with Gasteiger partial charge in [0.25, 0.3) is 5.89 Å². The Hall–Kier alpha value is -2.87. The highest BCUT2D eigenvalue weighted by molar-refractivity contribution is 5.56. The molecular weight excluding hydrogens is 264 g/mol. The molecule has 0 saturated heterocycles. The van der Waals surface area contributed by atoms with Gasteiger partial charge in [0, 0.05) is 37.1 Å². The van der Waals surface area contributed by atoms with Crippen molar-refractivity contribution in [3.8, 4) is 11.5 Å². The molecule has 104 valence electrons. The van der Waals surface area contributed by atoms with Gasteiger partial charge in [-0.15, -0.1) is 0 Å². The Bertz CT molecular complexity index is 709. The molecule has 5 nitrogen and oxygen atoms in total. The van der Waals surface area contributed by atoms with Gasteiger partial charge in [0.2, 0.25) is 0 Å². The average molecular weight is 278 g/mol. The summed E-state index contributed by atoms with van der Waals surface area (Å²) in [5, 5.41) is 7.27. The van der Waals surface area contributed by atoms with Crippen LogP contribution in [0.15, 0.2) is 41.2 Å². The van der Waals surface area contributed by atoms with Crippen LogP contribution in [0.3, 0.4) is 0 Å². The summed E-state index contributed by atoms with van der Waals surface area (Å²) in [6.45, 7) is 2.72. The maximum Gasteiger partial charge on any atom is 0.259 e. The first kappa shape index (κ1) is 13.1. The molecule has 0 bridgehead atoms. The Morgan fingerprint density at radius 2 is 2.24 bits per heavy atom. The van der Waals surface area contributed by atoms with Crippen molar-refractivity contribution >= 4 is 5.69 Å². The monoisotopic (exact) mass is 278 g/mol. The molecule has 1 aromatic carbocycles. The highest BCUT2D eigenvalue weighted by Crippen LogP contribution is 2.19. The van der Waals surface area contributed by atoms with E-state index in [1.165, 1.54) is 0 Å². The fourth-order valence-corrected chi connectivity index (χ4v) is 1.93. The molecule has 0 atom stereocenters. The van der Waals surface area contributed by atoms with E-state index < -0.39 is 0 Å². The summed E-state index contributed by atoms with van der Waals surface area (Å²) in [6.07, 6.45) is 4.16. The molecule has 0 unspecified atom stereocenters. The van der Waals surface area contributed by atoms with Crippen molar-refractivity contribution in [1.29, 1.82) is 0 Å². The molecule has 0 aliphatic heterocycles. The van der Waals surface area contributed by atoms with Crippen LogP contribution < -0.4 is 5.32 Å². The summed E-state index contributed by atoms with van der Waals surface area (Å²) in [6, 6.07) is 13.3. The molecule has 1 N–H and O–H groups in total. The molecule has 2 heterocycles. The van der Waals surface area contributed by atoms with Gasteiger partial charge in [0.05, 0.1) is 5.56 Å². The zero-order valence-electron chi connectivity index (χ0n) is 11.6. The van der Waals surface area contributed by atoms with E-state index in [4.69, 9.17) is 4.52 Å². The number of hydrogen-bond acceptors (Lipinski definition) is 5. The molecule has 0 spiro atoms. The number of anilines is 1. The number of hydrogen-bond donors (Lipinski definition) is 1. The van der Waals surface area contributed by atoms with Crippen molar-refractivity contribution in [3.05, 3.63) is 60.2 Å². The lowest BCUT2D eigenvalue weighted by molar-refractivity contribution is 0.422. The third kappa shape index (κ3) is 3.18. The topological polar surface area (TPSA) is 63.8 Å². The zero-order valence-corrected chi connectivity index (χ0v) is 11.6. The highest BCUT2D eigenvalue weighted by atomic mass is 16.5. The van der Waals surface area contributed by atoms with Gasteiger partial charge in [-0.1, -0.05) is 17.3 Å². The second kappa shape index (κ2) is 6.06. The van der Waals surface area contributed by atoms with Crippen LogP contribution >= 0.6 is 0 Å². The second-order valence-electron chi connectivity index (χ2n) is 4.60. The molecule has 0 saturated carbocycles. The van der Waals surface area contributed by atoms with Crippen LogP contribution in [-0.2, 0) is 6.42 Å². The van der Waals surface area contributed by atoms with E-state index in [0.29, 0.717) is 18.1 Å². The van der Waals surface area contributed by atoms with Gasteiger partial charge < -0.3 is 9.84 Å². The minimum absolute atomic E-state index is 0.512. The van der Waals surface area contributed by atoms with Crippen LogP contribution in [0.1, 0.15) is 11.4 Å². The Balaban J connectivity index is 1.62. The van der Waals surface area contributed by atoms with Gasteiger partial charge in [0.15, 0.2) is 5.82 Å². The Kier molecular flexibility index (Phi) is 3.79. The number of rotatable bonds is 5. The number of nitrogens with one attached hydrogen (secondary N) is 1. The normalized spacial score (nSPS) is 10.1. The zero-order chi connectivity index (χ0) is 14.5. The van der Waals surface area contributed by atoms with E-state index in [1.54, 1.807) is 12.4 Å². The largest absolute Gasteiger partial charge is 0.384 e. The number of pyridine rings is 1. The number of aromatic nitrogens is 3. The molecule has 0 aliphatic carbocycles. The molecular formula is C16H14N4O. The van der Waals surface area contributed by atoms with Gasteiger partial charge in [-0.2, -0.15) is 4.98 Å². The van der Waals surface area contributed by atoms with Crippen molar-refractivity contribution in [3.63, 3.8) is 0 Å². The quantitative estimate of drug-likeness (QED) is 0.777. The third-order valence-electron chi connectivity index (χ3n) is 3.07. The van der Waals surface area contributed by atoms with E-state index in [0.717, 1.165) is 23.4 Å². The molecule has 0 radical (unpaired) electrons. The smallest absolute Gasteiger partial charge is 0.259 e. The molecule has 5 heteroatoms. The minimum Gasteiger partial charge on any atom is -0.384 e. The summed E-state index contributed by atoms with van der Waals surface area (Å²) in [7, 11) is 0. The van der Waals surface area contributed by atoms with E-state index in [9.17, 15) is 0 Å². The third-order valence-corrected chi connectivity index (χ3v) is 3.07. The molecule has 0 fully saturated rings. The lowest BCUT2D eigenvalue weighted by Crippen LogP contribution is -2.05.